The van der Waals surface area contributed by atoms with Crippen LogP contribution in [0.3, 0.4) is 0 Å². The molecule has 5 aliphatic carbocycles. The molecule has 270 valence electrons. The van der Waals surface area contributed by atoms with Crippen LogP contribution in [0.1, 0.15) is 36.8 Å². The quantitative estimate of drug-likeness (QED) is 0.168. The molecule has 2 bridgehead atoms. The van der Waals surface area contributed by atoms with Crippen LogP contribution in [0.15, 0.2) is 152 Å². The molecule has 5 aliphatic rings. The third-order valence-electron chi connectivity index (χ3n) is 16.7. The second kappa shape index (κ2) is 9.87. The molecule has 0 aliphatic heterocycles. The van der Waals surface area contributed by atoms with Crippen LogP contribution < -0.4 is 0 Å². The highest BCUT2D eigenvalue weighted by Crippen LogP contribution is 2.90. The van der Waals surface area contributed by atoms with Crippen molar-refractivity contribution in [3.63, 3.8) is 0 Å². The Bertz CT molecular complexity index is 3490. The number of hydrogen-bond donors (Lipinski definition) is 0. The summed E-state index contributed by atoms with van der Waals surface area (Å²) in [4.78, 5) is 0. The number of aromatic nitrogens is 2. The lowest BCUT2D eigenvalue weighted by atomic mass is 9.26. The molecule has 2 aromatic heterocycles. The fourth-order valence-corrected chi connectivity index (χ4v) is 15.0. The largest absolute Gasteiger partial charge is 0.344 e. The van der Waals surface area contributed by atoms with Crippen molar-refractivity contribution in [1.29, 1.82) is 0 Å². The molecule has 15 rings (SSSR count). The topological polar surface area (TPSA) is 9.86 Å². The minimum Gasteiger partial charge on any atom is -0.344 e. The van der Waals surface area contributed by atoms with Crippen LogP contribution in [0.2, 0.25) is 0 Å². The highest BCUT2D eigenvalue weighted by molar-refractivity contribution is 6.28. The summed E-state index contributed by atoms with van der Waals surface area (Å²) in [7, 11) is 2.20. The zero-order valence-electron chi connectivity index (χ0n) is 32.0. The Morgan fingerprint density at radius 1 is 0.544 bits per heavy atom. The molecule has 57 heavy (non-hydrogen) atoms. The molecule has 6 atom stereocenters. The fourth-order valence-electron chi connectivity index (χ4n) is 15.0. The van der Waals surface area contributed by atoms with Gasteiger partial charge in [-0.3, -0.25) is 0 Å². The van der Waals surface area contributed by atoms with Gasteiger partial charge in [0.1, 0.15) is 0 Å². The molecule has 0 saturated heterocycles. The lowest BCUT2D eigenvalue weighted by Crippen LogP contribution is -2.73. The molecule has 2 heteroatoms. The first-order valence-electron chi connectivity index (χ1n) is 21.2. The predicted molar refractivity (Wildman–Crippen MR) is 236 cm³/mol. The summed E-state index contributed by atoms with van der Waals surface area (Å²) >= 11 is 0. The van der Waals surface area contributed by atoms with Crippen LogP contribution >= 0.6 is 0 Å². The maximum absolute atomic E-state index is 2.67. The third-order valence-corrected chi connectivity index (χ3v) is 16.7. The Labute approximate surface area is 331 Å². The van der Waals surface area contributed by atoms with Gasteiger partial charge in [0.05, 0.1) is 11.0 Å². The molecule has 8 aromatic carbocycles. The normalized spacial score (nSPS) is 26.2. The van der Waals surface area contributed by atoms with E-state index in [1.165, 1.54) is 119 Å². The molecular weight excluding hydrogens is 689 g/mol. The van der Waals surface area contributed by atoms with Crippen LogP contribution in [-0.2, 0) is 12.5 Å². The Hall–Kier alpha value is -6.12. The van der Waals surface area contributed by atoms with Gasteiger partial charge in [0, 0.05) is 56.3 Å². The van der Waals surface area contributed by atoms with Crippen LogP contribution in [0.4, 0.5) is 0 Å². The van der Waals surface area contributed by atoms with Crippen molar-refractivity contribution in [2.45, 2.75) is 31.1 Å². The monoisotopic (exact) mass is 728 g/mol. The Morgan fingerprint density at radius 3 is 2.07 bits per heavy atom. The lowest BCUT2D eigenvalue weighted by Gasteiger charge is -2.76. The van der Waals surface area contributed by atoms with Gasteiger partial charge in [0.15, 0.2) is 0 Å². The van der Waals surface area contributed by atoms with Gasteiger partial charge in [0.25, 0.3) is 0 Å². The molecule has 0 radical (unpaired) electrons. The van der Waals surface area contributed by atoms with E-state index in [-0.39, 0.29) is 5.41 Å². The first-order valence-corrected chi connectivity index (χ1v) is 21.2. The zero-order valence-corrected chi connectivity index (χ0v) is 32.0. The summed E-state index contributed by atoms with van der Waals surface area (Å²) in [6.45, 7) is 0. The third kappa shape index (κ3) is 3.21. The number of para-hydroxylation sites is 2. The van der Waals surface area contributed by atoms with Crippen LogP contribution in [-0.4, -0.2) is 9.13 Å². The van der Waals surface area contributed by atoms with Gasteiger partial charge in [-0.2, -0.15) is 0 Å². The number of nitrogens with zero attached hydrogens (tertiary/aromatic N) is 2. The zero-order chi connectivity index (χ0) is 36.9. The van der Waals surface area contributed by atoms with Crippen molar-refractivity contribution in [2.75, 3.05) is 0 Å². The van der Waals surface area contributed by atoms with E-state index in [0.717, 1.165) is 23.7 Å². The second-order valence-corrected chi connectivity index (χ2v) is 18.5. The van der Waals surface area contributed by atoms with E-state index >= 15 is 0 Å². The van der Waals surface area contributed by atoms with Crippen LogP contribution in [0.25, 0.3) is 93.1 Å². The summed E-state index contributed by atoms with van der Waals surface area (Å²) in [6, 6.07) is 58.3. The van der Waals surface area contributed by atoms with Crippen LogP contribution in [0.5, 0.6) is 0 Å². The van der Waals surface area contributed by atoms with Gasteiger partial charge in [-0.1, -0.05) is 109 Å². The predicted octanol–water partition coefficient (Wildman–Crippen LogP) is 13.7. The summed E-state index contributed by atoms with van der Waals surface area (Å²) in [5.74, 6) is 3.32. The van der Waals surface area contributed by atoms with Crippen LogP contribution in [0, 0.1) is 29.1 Å². The summed E-state index contributed by atoms with van der Waals surface area (Å²) in [5, 5.41) is 11.0. The lowest BCUT2D eigenvalue weighted by molar-refractivity contribution is -0.231. The molecule has 10 aromatic rings. The SMILES string of the molecule is Cn1c2ccccc2c2c(-c3cccc(-n4c5ccccc5c5c6ccccc6c6c(c54)-c4cc5ccccc5cc4C64C5CC6CC7CC4C75C6)c3)cccc21. The summed E-state index contributed by atoms with van der Waals surface area (Å²) in [5.41, 5.74) is 15.9. The van der Waals surface area contributed by atoms with Gasteiger partial charge in [-0.25, -0.2) is 0 Å². The minimum atomic E-state index is 0.0707. The number of benzene rings is 8. The molecule has 2 spiro atoms. The van der Waals surface area contributed by atoms with E-state index in [4.69, 9.17) is 0 Å². The van der Waals surface area contributed by atoms with Gasteiger partial charge < -0.3 is 9.13 Å². The molecular formula is C55H40N2. The number of fused-ring (bicyclic) bond motifs is 19. The van der Waals surface area contributed by atoms with E-state index in [1.807, 2.05) is 0 Å². The van der Waals surface area contributed by atoms with Gasteiger partial charge in [0.2, 0.25) is 0 Å². The van der Waals surface area contributed by atoms with E-state index in [9.17, 15) is 0 Å². The number of hydrogen-bond acceptors (Lipinski definition) is 0. The van der Waals surface area contributed by atoms with Gasteiger partial charge in [-0.05, 0) is 147 Å². The van der Waals surface area contributed by atoms with E-state index in [0.29, 0.717) is 5.41 Å². The highest BCUT2D eigenvalue weighted by atomic mass is 15.0. The minimum absolute atomic E-state index is 0.0707. The summed E-state index contributed by atoms with van der Waals surface area (Å²) < 4.78 is 5.01. The molecule has 0 amide bonds. The summed E-state index contributed by atoms with van der Waals surface area (Å²) in [6.07, 6.45) is 5.76. The Morgan fingerprint density at radius 2 is 1.23 bits per heavy atom. The van der Waals surface area contributed by atoms with Gasteiger partial charge in [-0.15, -0.1) is 0 Å². The Kier molecular flexibility index (Phi) is 5.21. The molecule has 2 heterocycles. The number of rotatable bonds is 2. The highest BCUT2D eigenvalue weighted by Gasteiger charge is 2.84. The number of aryl methyl sites for hydroxylation is 1. The van der Waals surface area contributed by atoms with Gasteiger partial charge >= 0.3 is 0 Å². The molecule has 6 unspecified atom stereocenters. The molecule has 4 saturated carbocycles. The fraction of sp³-hybridized carbons (Fsp3) is 0.200. The van der Waals surface area contributed by atoms with E-state index < -0.39 is 0 Å². The average Bonchev–Trinajstić information content (AvgIpc) is 4.04. The molecule has 2 nitrogen and oxygen atoms in total. The Balaban J connectivity index is 1.09. The molecule has 4 fully saturated rings. The average molecular weight is 729 g/mol. The maximum atomic E-state index is 2.67. The standard InChI is InChI=1S/C55H40N2/c1-56-44-21-8-6-18-40(44)49-37(20-11-23-46(49)56)34-14-10-15-36(26-34)57-45-22-9-7-19-41(45)50-38-16-4-5-17-39(38)52-51(53(50)57)42-27-32-12-2-3-13-33(32)28-43(42)55(52)47-25-31-24-35-29-48(55)54(35,47)30-31/h2-23,26-28,31,35,47-48H,24-25,29-30H2,1H3. The first-order chi connectivity index (χ1) is 28.2. The van der Waals surface area contributed by atoms with Crippen molar-refractivity contribution >= 4 is 65.2 Å². The van der Waals surface area contributed by atoms with E-state index in [1.54, 1.807) is 11.1 Å². The van der Waals surface area contributed by atoms with Crippen molar-refractivity contribution in [3.05, 3.63) is 163 Å². The van der Waals surface area contributed by atoms with Crippen molar-refractivity contribution in [1.82, 2.24) is 9.13 Å². The molecule has 0 N–H and O–H groups in total. The first kappa shape index (κ1) is 30.1. The van der Waals surface area contributed by atoms with E-state index in [2.05, 4.69) is 168 Å². The maximum Gasteiger partial charge on any atom is 0.0629 e. The van der Waals surface area contributed by atoms with Crippen molar-refractivity contribution in [2.24, 2.45) is 36.1 Å². The second-order valence-electron chi connectivity index (χ2n) is 18.5. The van der Waals surface area contributed by atoms with Crippen molar-refractivity contribution in [3.8, 4) is 27.9 Å². The van der Waals surface area contributed by atoms with Crippen molar-refractivity contribution < 1.29 is 0 Å². The smallest absolute Gasteiger partial charge is 0.0629 e.